The molecule has 2 saturated heterocycles. The Labute approximate surface area is 123 Å². The maximum Gasteiger partial charge on any atom is 0.248 e. The van der Waals surface area contributed by atoms with Gasteiger partial charge in [-0.05, 0) is 26.8 Å². The van der Waals surface area contributed by atoms with E-state index in [9.17, 15) is 13.2 Å². The maximum atomic E-state index is 13.0. The highest BCUT2D eigenvalue weighted by Crippen LogP contribution is 2.36. The number of nitrogens with zero attached hydrogens (tertiary/aromatic N) is 1. The van der Waals surface area contributed by atoms with Crippen LogP contribution in [0.5, 0.6) is 0 Å². The van der Waals surface area contributed by atoms with Crippen LogP contribution in [0.1, 0.15) is 18.4 Å². The van der Waals surface area contributed by atoms with E-state index >= 15 is 0 Å². The van der Waals surface area contributed by atoms with E-state index in [0.717, 1.165) is 0 Å². The van der Waals surface area contributed by atoms with Gasteiger partial charge in [-0.3, -0.25) is 4.79 Å². The molecule has 2 fully saturated rings. The molecule has 3 heterocycles. The van der Waals surface area contributed by atoms with E-state index in [1.807, 2.05) is 0 Å². The van der Waals surface area contributed by atoms with Crippen LogP contribution in [-0.2, 0) is 19.6 Å². The zero-order valence-corrected chi connectivity index (χ0v) is 13.0. The molecule has 1 aromatic heterocycles. The summed E-state index contributed by atoms with van der Waals surface area (Å²) in [7, 11) is -3.82. The van der Waals surface area contributed by atoms with Crippen molar-refractivity contribution in [3.63, 3.8) is 0 Å². The van der Waals surface area contributed by atoms with Crippen LogP contribution in [0.3, 0.4) is 0 Å². The lowest BCUT2D eigenvalue weighted by Gasteiger charge is -2.52. The van der Waals surface area contributed by atoms with Crippen molar-refractivity contribution < 1.29 is 22.4 Å². The molecule has 7 nitrogen and oxygen atoms in total. The highest BCUT2D eigenvalue weighted by Gasteiger charge is 2.56. The monoisotopic (exact) mass is 314 g/mol. The van der Waals surface area contributed by atoms with Gasteiger partial charge in [-0.25, -0.2) is 8.42 Å². The Kier molecular flexibility index (Phi) is 3.16. The molecule has 1 atom stereocenters. The van der Waals surface area contributed by atoms with Crippen LogP contribution < -0.4 is 5.32 Å². The highest BCUT2D eigenvalue weighted by molar-refractivity contribution is 7.89. The molecule has 116 valence electrons. The molecule has 0 aromatic carbocycles. The van der Waals surface area contributed by atoms with Crippen molar-refractivity contribution in [1.29, 1.82) is 0 Å². The number of ether oxygens (including phenoxy) is 1. The van der Waals surface area contributed by atoms with Crippen LogP contribution >= 0.6 is 0 Å². The third kappa shape index (κ3) is 2.01. The van der Waals surface area contributed by atoms with Gasteiger partial charge in [0.15, 0.2) is 0 Å². The van der Waals surface area contributed by atoms with Crippen LogP contribution in [0.4, 0.5) is 0 Å². The van der Waals surface area contributed by atoms with Gasteiger partial charge in [0.1, 0.15) is 28.0 Å². The van der Waals surface area contributed by atoms with E-state index in [4.69, 9.17) is 9.15 Å². The third-order valence-corrected chi connectivity index (χ3v) is 6.25. The number of carbonyl (C=O) groups is 1. The van der Waals surface area contributed by atoms with E-state index in [2.05, 4.69) is 5.32 Å². The Balaban J connectivity index is 2.10. The predicted molar refractivity (Wildman–Crippen MR) is 73.2 cm³/mol. The molecule has 1 amide bonds. The molecule has 21 heavy (non-hydrogen) atoms. The summed E-state index contributed by atoms with van der Waals surface area (Å²) < 4.78 is 37.9. The van der Waals surface area contributed by atoms with E-state index < -0.39 is 21.6 Å². The van der Waals surface area contributed by atoms with Gasteiger partial charge in [-0.2, -0.15) is 4.31 Å². The summed E-state index contributed by atoms with van der Waals surface area (Å²) in [6, 6.07) is 0.721. The number of nitrogens with one attached hydrogen (secondary N) is 1. The topological polar surface area (TPSA) is 88.9 Å². The molecule has 3 rings (SSSR count). The highest BCUT2D eigenvalue weighted by atomic mass is 32.2. The third-order valence-electron chi connectivity index (χ3n) is 4.06. The number of amides is 1. The zero-order chi connectivity index (χ0) is 15.4. The molecule has 1 spiro atoms. The normalized spacial score (nSPS) is 25.7. The average molecular weight is 314 g/mol. The summed E-state index contributed by atoms with van der Waals surface area (Å²) in [6.45, 7) is 5.73. The summed E-state index contributed by atoms with van der Waals surface area (Å²) >= 11 is 0. The lowest BCUT2D eigenvalue weighted by Crippen LogP contribution is -2.75. The van der Waals surface area contributed by atoms with Crippen molar-refractivity contribution in [1.82, 2.24) is 9.62 Å². The summed E-state index contributed by atoms with van der Waals surface area (Å²) in [5.74, 6) is 0.564. The van der Waals surface area contributed by atoms with Gasteiger partial charge in [-0.1, -0.05) is 0 Å². The van der Waals surface area contributed by atoms with Crippen molar-refractivity contribution in [2.45, 2.75) is 37.2 Å². The lowest BCUT2D eigenvalue weighted by molar-refractivity contribution is -0.153. The first kappa shape index (κ1) is 14.6. The number of sulfonamides is 1. The molecule has 1 N–H and O–H groups in total. The van der Waals surface area contributed by atoms with E-state index in [0.29, 0.717) is 11.5 Å². The fourth-order valence-electron chi connectivity index (χ4n) is 2.99. The van der Waals surface area contributed by atoms with Gasteiger partial charge in [0, 0.05) is 6.54 Å². The van der Waals surface area contributed by atoms with Gasteiger partial charge < -0.3 is 14.5 Å². The molecule has 0 unspecified atom stereocenters. The molecular weight excluding hydrogens is 296 g/mol. The van der Waals surface area contributed by atoms with Crippen LogP contribution in [0.2, 0.25) is 0 Å². The molecule has 0 bridgehead atoms. The van der Waals surface area contributed by atoms with Gasteiger partial charge in [0.05, 0.1) is 13.2 Å². The molecule has 0 aliphatic carbocycles. The SMILES string of the molecule is Cc1cc(S(=O)(=O)N2[C@@H](C)C(=O)NCC23COC3)c(C)o1. The van der Waals surface area contributed by atoms with Crippen LogP contribution in [-0.4, -0.2) is 50.0 Å². The standard InChI is InChI=1S/C13H18N2O5S/c1-8-4-11(10(3)20-8)21(17,18)15-9(2)12(16)14-5-13(15)6-19-7-13/h4,9H,5-7H2,1-3H3,(H,14,16)/t9-/m0/s1. The second-order valence-corrected chi connectivity index (χ2v) is 7.47. The lowest BCUT2D eigenvalue weighted by atomic mass is 9.93. The molecule has 2 aliphatic heterocycles. The molecular formula is C13H18N2O5S. The van der Waals surface area contributed by atoms with Gasteiger partial charge in [0.2, 0.25) is 15.9 Å². The first-order valence-corrected chi connectivity index (χ1v) is 8.19. The van der Waals surface area contributed by atoms with Crippen molar-refractivity contribution in [2.24, 2.45) is 0 Å². The Bertz CT molecular complexity index is 689. The minimum absolute atomic E-state index is 0.118. The summed E-state index contributed by atoms with van der Waals surface area (Å²) in [4.78, 5) is 12.0. The molecule has 1 aromatic rings. The van der Waals surface area contributed by atoms with Crippen LogP contribution in [0.15, 0.2) is 15.4 Å². The van der Waals surface area contributed by atoms with Crippen LogP contribution in [0, 0.1) is 13.8 Å². The number of rotatable bonds is 2. The van der Waals surface area contributed by atoms with Crippen molar-refractivity contribution >= 4 is 15.9 Å². The Morgan fingerprint density at radius 2 is 2.05 bits per heavy atom. The van der Waals surface area contributed by atoms with E-state index in [1.165, 1.54) is 10.4 Å². The Morgan fingerprint density at radius 3 is 2.52 bits per heavy atom. The second-order valence-electron chi connectivity index (χ2n) is 5.69. The minimum Gasteiger partial charge on any atom is -0.465 e. The Hall–Kier alpha value is -1.38. The summed E-state index contributed by atoms with van der Waals surface area (Å²) in [6.07, 6.45) is 0. The largest absolute Gasteiger partial charge is 0.465 e. The first-order chi connectivity index (χ1) is 9.78. The van der Waals surface area contributed by atoms with Crippen molar-refractivity contribution in [3.8, 4) is 0 Å². The molecule has 2 aliphatic rings. The van der Waals surface area contributed by atoms with Gasteiger partial charge in [0.25, 0.3) is 0 Å². The second kappa shape index (κ2) is 4.56. The van der Waals surface area contributed by atoms with Crippen molar-refractivity contribution in [3.05, 3.63) is 17.6 Å². The van der Waals surface area contributed by atoms with Gasteiger partial charge >= 0.3 is 0 Å². The number of piperazine rings is 1. The van der Waals surface area contributed by atoms with E-state index in [-0.39, 0.29) is 30.6 Å². The summed E-state index contributed by atoms with van der Waals surface area (Å²) in [5.41, 5.74) is -0.691. The molecule has 0 saturated carbocycles. The first-order valence-electron chi connectivity index (χ1n) is 6.75. The zero-order valence-electron chi connectivity index (χ0n) is 12.2. The van der Waals surface area contributed by atoms with E-state index in [1.54, 1.807) is 20.8 Å². The average Bonchev–Trinajstić information content (AvgIpc) is 2.70. The number of hydrogen-bond acceptors (Lipinski definition) is 5. The maximum absolute atomic E-state index is 13.0. The predicted octanol–water partition coefficient (Wildman–Crippen LogP) is 0.174. The summed E-state index contributed by atoms with van der Waals surface area (Å²) in [5, 5.41) is 2.75. The quantitative estimate of drug-likeness (QED) is 0.841. The van der Waals surface area contributed by atoms with Crippen molar-refractivity contribution in [2.75, 3.05) is 19.8 Å². The molecule has 8 heteroatoms. The minimum atomic E-state index is -3.82. The smallest absolute Gasteiger partial charge is 0.248 e. The number of hydrogen-bond donors (Lipinski definition) is 1. The van der Waals surface area contributed by atoms with Crippen LogP contribution in [0.25, 0.3) is 0 Å². The van der Waals surface area contributed by atoms with Gasteiger partial charge in [-0.15, -0.1) is 0 Å². The fraction of sp³-hybridized carbons (Fsp3) is 0.615. The number of carbonyl (C=O) groups excluding carboxylic acids is 1. The number of furan rings is 1. The fourth-order valence-corrected chi connectivity index (χ4v) is 5.12. The number of aryl methyl sites for hydroxylation is 2. The Morgan fingerprint density at radius 1 is 1.38 bits per heavy atom. The molecule has 0 radical (unpaired) electrons.